The lowest BCUT2D eigenvalue weighted by Crippen LogP contribution is -2.22. The van der Waals surface area contributed by atoms with Crippen LogP contribution in [0.25, 0.3) is 0 Å². The van der Waals surface area contributed by atoms with E-state index in [2.05, 4.69) is 31.3 Å². The fourth-order valence-corrected chi connectivity index (χ4v) is 2.76. The molecule has 0 saturated heterocycles. The monoisotopic (exact) mass is 277 g/mol. The minimum absolute atomic E-state index is 0.193. The highest BCUT2D eigenvalue weighted by Crippen LogP contribution is 2.27. The number of nitrogens with one attached hydrogen (secondary N) is 1. The Kier molecular flexibility index (Phi) is 4.33. The first-order valence-corrected chi connectivity index (χ1v) is 6.94. The summed E-state index contributed by atoms with van der Waals surface area (Å²) in [7, 11) is 0. The Morgan fingerprint density at radius 3 is 2.26 bits per heavy atom. The van der Waals surface area contributed by atoms with E-state index in [0.717, 1.165) is 22.1 Å². The summed E-state index contributed by atoms with van der Waals surface area (Å²) in [6.45, 7) is 8.24. The van der Waals surface area contributed by atoms with E-state index in [1.807, 2.05) is 32.0 Å². The smallest absolute Gasteiger partial charge is 0.105 e. The predicted molar refractivity (Wildman–Crippen MR) is 79.6 cm³/mol. The molecule has 3 heteroatoms. The Bertz CT molecular complexity index is 562. The molecule has 2 atom stereocenters. The van der Waals surface area contributed by atoms with E-state index in [-0.39, 0.29) is 12.1 Å². The Hall–Kier alpha value is -1.25. The van der Waals surface area contributed by atoms with Gasteiger partial charge in [0.15, 0.2) is 0 Å². The van der Waals surface area contributed by atoms with Gasteiger partial charge in [-0.05, 0) is 45.4 Å². The van der Waals surface area contributed by atoms with Crippen LogP contribution < -0.4 is 5.32 Å². The van der Waals surface area contributed by atoms with E-state index in [0.29, 0.717) is 0 Å². The summed E-state index contributed by atoms with van der Waals surface area (Å²) in [6.07, 6.45) is 0. The van der Waals surface area contributed by atoms with Gasteiger partial charge in [-0.2, -0.15) is 0 Å². The first-order valence-electron chi connectivity index (χ1n) is 6.56. The molecule has 2 unspecified atom stereocenters. The summed E-state index contributed by atoms with van der Waals surface area (Å²) in [5.41, 5.74) is 2.32. The van der Waals surface area contributed by atoms with Crippen molar-refractivity contribution in [3.8, 4) is 0 Å². The van der Waals surface area contributed by atoms with Gasteiger partial charge < -0.3 is 9.73 Å². The molecule has 1 heterocycles. The Balaban J connectivity index is 2.13. The van der Waals surface area contributed by atoms with E-state index in [1.54, 1.807) is 0 Å². The van der Waals surface area contributed by atoms with Crippen molar-refractivity contribution in [1.29, 1.82) is 0 Å². The van der Waals surface area contributed by atoms with Crippen molar-refractivity contribution in [3.63, 3.8) is 0 Å². The third kappa shape index (κ3) is 3.20. The van der Waals surface area contributed by atoms with Gasteiger partial charge in [-0.3, -0.25) is 0 Å². The van der Waals surface area contributed by atoms with Crippen LogP contribution in [0.5, 0.6) is 0 Å². The molecule has 102 valence electrons. The molecule has 0 amide bonds. The highest BCUT2D eigenvalue weighted by molar-refractivity contribution is 6.31. The van der Waals surface area contributed by atoms with Crippen LogP contribution in [-0.4, -0.2) is 0 Å². The van der Waals surface area contributed by atoms with Crippen molar-refractivity contribution < 1.29 is 4.42 Å². The summed E-state index contributed by atoms with van der Waals surface area (Å²) >= 11 is 6.23. The quantitative estimate of drug-likeness (QED) is 0.854. The lowest BCUT2D eigenvalue weighted by Gasteiger charge is -2.21. The van der Waals surface area contributed by atoms with E-state index in [1.165, 1.54) is 5.56 Å². The SMILES string of the molecule is Cc1cc(C(C)NC(C)c2ccccc2Cl)c(C)o1. The lowest BCUT2D eigenvalue weighted by molar-refractivity contribution is 0.469. The second-order valence-corrected chi connectivity index (χ2v) is 5.41. The zero-order chi connectivity index (χ0) is 14.0. The van der Waals surface area contributed by atoms with Crippen LogP contribution in [0.15, 0.2) is 34.7 Å². The maximum atomic E-state index is 6.23. The Labute approximate surface area is 119 Å². The fraction of sp³-hybridized carbons (Fsp3) is 0.375. The Morgan fingerprint density at radius 2 is 1.68 bits per heavy atom. The van der Waals surface area contributed by atoms with E-state index in [4.69, 9.17) is 16.0 Å². The molecule has 2 rings (SSSR count). The third-order valence-corrected chi connectivity index (χ3v) is 3.76. The van der Waals surface area contributed by atoms with E-state index in [9.17, 15) is 0 Å². The highest BCUT2D eigenvalue weighted by Gasteiger charge is 2.16. The van der Waals surface area contributed by atoms with Gasteiger partial charge in [0.05, 0.1) is 0 Å². The molecule has 1 aromatic heterocycles. The van der Waals surface area contributed by atoms with E-state index >= 15 is 0 Å². The first kappa shape index (κ1) is 14.2. The molecule has 2 nitrogen and oxygen atoms in total. The molecule has 19 heavy (non-hydrogen) atoms. The standard InChI is InChI=1S/C16H20ClNO/c1-10-9-15(13(4)19-10)12(3)18-11(2)14-7-5-6-8-16(14)17/h5-9,11-12,18H,1-4H3. The zero-order valence-corrected chi connectivity index (χ0v) is 12.6. The van der Waals surface area contributed by atoms with Crippen LogP contribution in [0.2, 0.25) is 5.02 Å². The zero-order valence-electron chi connectivity index (χ0n) is 11.8. The first-order chi connectivity index (χ1) is 8.99. The molecule has 2 aromatic rings. The molecular formula is C16H20ClNO. The number of rotatable bonds is 4. The highest BCUT2D eigenvalue weighted by atomic mass is 35.5. The molecule has 1 aromatic carbocycles. The maximum Gasteiger partial charge on any atom is 0.105 e. The van der Waals surface area contributed by atoms with Gasteiger partial charge in [0, 0.05) is 22.7 Å². The lowest BCUT2D eigenvalue weighted by atomic mass is 10.0. The van der Waals surface area contributed by atoms with Crippen LogP contribution in [0, 0.1) is 13.8 Å². The summed E-state index contributed by atoms with van der Waals surface area (Å²) < 4.78 is 5.58. The fourth-order valence-electron chi connectivity index (χ4n) is 2.46. The molecule has 0 aliphatic heterocycles. The number of benzene rings is 1. The molecule has 0 spiro atoms. The summed E-state index contributed by atoms with van der Waals surface area (Å²) in [4.78, 5) is 0. The topological polar surface area (TPSA) is 25.2 Å². The van der Waals surface area contributed by atoms with Crippen molar-refractivity contribution in [3.05, 3.63) is 58.0 Å². The van der Waals surface area contributed by atoms with Crippen LogP contribution in [0.4, 0.5) is 0 Å². The van der Waals surface area contributed by atoms with Crippen molar-refractivity contribution >= 4 is 11.6 Å². The molecule has 0 aliphatic carbocycles. The molecule has 0 saturated carbocycles. The summed E-state index contributed by atoms with van der Waals surface area (Å²) in [5, 5.41) is 4.36. The molecule has 0 fully saturated rings. The van der Waals surface area contributed by atoms with Crippen LogP contribution >= 0.6 is 11.6 Å². The summed E-state index contributed by atoms with van der Waals surface area (Å²) in [5.74, 6) is 1.93. The number of furan rings is 1. The minimum atomic E-state index is 0.193. The van der Waals surface area contributed by atoms with Gasteiger partial charge in [0.25, 0.3) is 0 Å². The number of halogens is 1. The maximum absolute atomic E-state index is 6.23. The van der Waals surface area contributed by atoms with Gasteiger partial charge in [-0.1, -0.05) is 29.8 Å². The van der Waals surface area contributed by atoms with Crippen molar-refractivity contribution in [2.24, 2.45) is 0 Å². The van der Waals surface area contributed by atoms with Crippen LogP contribution in [0.3, 0.4) is 0 Å². The molecule has 1 N–H and O–H groups in total. The van der Waals surface area contributed by atoms with E-state index < -0.39 is 0 Å². The van der Waals surface area contributed by atoms with Gasteiger partial charge in [0.1, 0.15) is 11.5 Å². The van der Waals surface area contributed by atoms with Crippen molar-refractivity contribution in [2.75, 3.05) is 0 Å². The Morgan fingerprint density at radius 1 is 1.05 bits per heavy atom. The van der Waals surface area contributed by atoms with Gasteiger partial charge >= 0.3 is 0 Å². The number of hydrogen-bond acceptors (Lipinski definition) is 2. The number of hydrogen-bond donors (Lipinski definition) is 1. The second-order valence-electron chi connectivity index (χ2n) is 5.00. The molecule has 0 radical (unpaired) electrons. The largest absolute Gasteiger partial charge is 0.466 e. The predicted octanol–water partition coefficient (Wildman–Crippen LogP) is 4.96. The van der Waals surface area contributed by atoms with Crippen LogP contribution in [-0.2, 0) is 0 Å². The third-order valence-electron chi connectivity index (χ3n) is 3.42. The molecular weight excluding hydrogens is 258 g/mol. The number of aryl methyl sites for hydroxylation is 2. The summed E-state index contributed by atoms with van der Waals surface area (Å²) in [6, 6.07) is 10.4. The second kappa shape index (κ2) is 5.81. The van der Waals surface area contributed by atoms with Gasteiger partial charge in [-0.15, -0.1) is 0 Å². The average molecular weight is 278 g/mol. The molecule has 0 bridgehead atoms. The normalized spacial score (nSPS) is 14.4. The van der Waals surface area contributed by atoms with Gasteiger partial charge in [-0.25, -0.2) is 0 Å². The van der Waals surface area contributed by atoms with Crippen LogP contribution in [0.1, 0.15) is 48.6 Å². The minimum Gasteiger partial charge on any atom is -0.466 e. The molecule has 0 aliphatic rings. The van der Waals surface area contributed by atoms with Gasteiger partial charge in [0.2, 0.25) is 0 Å². The average Bonchev–Trinajstić information content (AvgIpc) is 2.69. The van der Waals surface area contributed by atoms with Crippen molar-refractivity contribution in [1.82, 2.24) is 5.32 Å². The van der Waals surface area contributed by atoms with Crippen molar-refractivity contribution in [2.45, 2.75) is 39.8 Å².